The molecule has 2 aromatic carbocycles. The summed E-state index contributed by atoms with van der Waals surface area (Å²) in [5, 5.41) is 0. The number of benzene rings is 2. The summed E-state index contributed by atoms with van der Waals surface area (Å²) in [6.07, 6.45) is 1.16. The number of rotatable bonds is 8. The van der Waals surface area contributed by atoms with E-state index in [-0.39, 0.29) is 0 Å². The third kappa shape index (κ3) is 8.32. The lowest BCUT2D eigenvalue weighted by atomic mass is 10.2. The molecule has 2 aromatic heterocycles. The minimum absolute atomic E-state index is 0.322. The van der Waals surface area contributed by atoms with Crippen molar-refractivity contribution >= 4 is 22.2 Å². The zero-order valence-corrected chi connectivity index (χ0v) is 19.0. The van der Waals surface area contributed by atoms with E-state index in [0.717, 1.165) is 27.7 Å². The zero-order valence-electron chi connectivity index (χ0n) is 17.4. The lowest BCUT2D eigenvalue weighted by molar-refractivity contribution is -0.107. The molecule has 5 nitrogen and oxygen atoms in total. The Kier molecular flexibility index (Phi) is 9.42. The first kappa shape index (κ1) is 23.2. The summed E-state index contributed by atoms with van der Waals surface area (Å²) in [4.78, 5) is 18.8. The number of aromatic nitrogens is 2. The largest absolute Gasteiger partial charge is 0.473 e. The Labute approximate surface area is 196 Å². The van der Waals surface area contributed by atoms with Crippen LogP contribution < -0.4 is 9.47 Å². The van der Waals surface area contributed by atoms with Gasteiger partial charge in [0.15, 0.2) is 0 Å². The zero-order chi connectivity index (χ0) is 22.4. The van der Waals surface area contributed by atoms with E-state index in [0.29, 0.717) is 31.4 Å². The number of ether oxygens (including phenoxy) is 2. The van der Waals surface area contributed by atoms with Gasteiger partial charge in [0.25, 0.3) is 0 Å². The lowest BCUT2D eigenvalue weighted by Crippen LogP contribution is -1.99. The van der Waals surface area contributed by atoms with Crippen LogP contribution in [-0.2, 0) is 24.4 Å². The molecular formula is C26H23BrN2O3. The number of halogens is 1. The van der Waals surface area contributed by atoms with Gasteiger partial charge >= 0.3 is 0 Å². The Hall–Kier alpha value is -3.51. The molecule has 0 amide bonds. The highest BCUT2D eigenvalue weighted by Gasteiger charge is 1.99. The van der Waals surface area contributed by atoms with Gasteiger partial charge in [-0.05, 0) is 39.2 Å². The lowest BCUT2D eigenvalue weighted by Gasteiger charge is -2.05. The van der Waals surface area contributed by atoms with E-state index in [9.17, 15) is 4.79 Å². The van der Waals surface area contributed by atoms with Gasteiger partial charge in [-0.2, -0.15) is 0 Å². The minimum atomic E-state index is 0.322. The molecule has 162 valence electrons. The molecule has 2 heterocycles. The van der Waals surface area contributed by atoms with Gasteiger partial charge in [-0.25, -0.2) is 9.97 Å². The summed E-state index contributed by atoms with van der Waals surface area (Å²) in [5.41, 5.74) is 2.96. The fourth-order valence-electron chi connectivity index (χ4n) is 2.67. The normalized spacial score (nSPS) is 9.91. The topological polar surface area (TPSA) is 61.3 Å². The van der Waals surface area contributed by atoms with Crippen molar-refractivity contribution in [2.45, 2.75) is 19.6 Å². The molecule has 0 unspecified atom stereocenters. The number of hydrogen-bond donors (Lipinski definition) is 0. The molecule has 0 fully saturated rings. The molecule has 6 heteroatoms. The average molecular weight is 491 g/mol. The number of aldehydes is 1. The first-order valence-electron chi connectivity index (χ1n) is 10.1. The smallest absolute Gasteiger partial charge is 0.214 e. The van der Waals surface area contributed by atoms with Gasteiger partial charge in [0.05, 0.1) is 5.69 Å². The molecule has 32 heavy (non-hydrogen) atoms. The first-order chi connectivity index (χ1) is 15.7. The van der Waals surface area contributed by atoms with Crippen LogP contribution in [0.4, 0.5) is 0 Å². The molecule has 0 aliphatic carbocycles. The van der Waals surface area contributed by atoms with Crippen molar-refractivity contribution in [3.05, 3.63) is 118 Å². The van der Waals surface area contributed by atoms with Gasteiger partial charge in [-0.1, -0.05) is 72.8 Å². The summed E-state index contributed by atoms with van der Waals surface area (Å²) in [6, 6.07) is 31.0. The van der Waals surface area contributed by atoms with Crippen LogP contribution in [0.5, 0.6) is 11.8 Å². The molecule has 4 rings (SSSR count). The molecule has 0 radical (unpaired) electrons. The Morgan fingerprint density at radius 2 is 1.19 bits per heavy atom. The van der Waals surface area contributed by atoms with E-state index in [1.807, 2.05) is 91.0 Å². The van der Waals surface area contributed by atoms with Crippen molar-refractivity contribution in [1.82, 2.24) is 9.97 Å². The number of nitrogens with zero attached hydrogens (tertiary/aromatic N) is 2. The van der Waals surface area contributed by atoms with Gasteiger partial charge in [0.1, 0.15) is 24.1 Å². The fraction of sp³-hybridized carbons (Fsp3) is 0.115. The summed E-state index contributed by atoms with van der Waals surface area (Å²) >= 11 is 3.30. The van der Waals surface area contributed by atoms with E-state index in [1.165, 1.54) is 0 Å². The predicted octanol–water partition coefficient (Wildman–Crippen LogP) is 5.83. The van der Waals surface area contributed by atoms with Crippen molar-refractivity contribution in [1.29, 1.82) is 0 Å². The van der Waals surface area contributed by atoms with Crippen LogP contribution in [0.15, 0.2) is 102 Å². The molecule has 0 saturated carbocycles. The fourth-order valence-corrected chi connectivity index (χ4v) is 3.00. The molecule has 4 aromatic rings. The number of pyridine rings is 2. The highest BCUT2D eigenvalue weighted by atomic mass is 79.9. The summed E-state index contributed by atoms with van der Waals surface area (Å²) < 4.78 is 11.9. The number of carbonyl (C=O) groups is 1. The summed E-state index contributed by atoms with van der Waals surface area (Å²) in [6.45, 7) is 1.03. The van der Waals surface area contributed by atoms with Crippen molar-refractivity contribution < 1.29 is 14.3 Å². The third-order valence-electron chi connectivity index (χ3n) is 4.22. The Balaban J connectivity index is 0.000000182. The monoisotopic (exact) mass is 490 g/mol. The Bertz CT molecular complexity index is 1090. The Morgan fingerprint density at radius 3 is 1.72 bits per heavy atom. The maximum atomic E-state index is 10.4. The summed E-state index contributed by atoms with van der Waals surface area (Å²) in [5.74, 6) is 1.18. The van der Waals surface area contributed by atoms with E-state index in [2.05, 4.69) is 25.9 Å². The van der Waals surface area contributed by atoms with E-state index >= 15 is 0 Å². The van der Waals surface area contributed by atoms with Crippen molar-refractivity contribution in [3.63, 3.8) is 0 Å². The van der Waals surface area contributed by atoms with Gasteiger partial charge in [0.2, 0.25) is 11.8 Å². The average Bonchev–Trinajstić information content (AvgIpc) is 2.84. The van der Waals surface area contributed by atoms with Crippen molar-refractivity contribution in [2.75, 3.05) is 0 Å². The van der Waals surface area contributed by atoms with Crippen LogP contribution in [0.2, 0.25) is 0 Å². The second-order valence-electron chi connectivity index (χ2n) is 6.69. The molecule has 0 spiro atoms. The maximum absolute atomic E-state index is 10.4. The molecule has 0 bridgehead atoms. The Morgan fingerprint density at radius 1 is 0.656 bits per heavy atom. The van der Waals surface area contributed by atoms with Gasteiger partial charge in [-0.3, -0.25) is 0 Å². The van der Waals surface area contributed by atoms with E-state index in [4.69, 9.17) is 9.47 Å². The van der Waals surface area contributed by atoms with Crippen LogP contribution in [-0.4, -0.2) is 16.3 Å². The molecule has 0 aliphatic heterocycles. The van der Waals surface area contributed by atoms with Gasteiger partial charge < -0.3 is 14.3 Å². The summed E-state index contributed by atoms with van der Waals surface area (Å²) in [7, 11) is 0. The SMILES string of the molecule is Brc1cccc(OCc2ccccc2)n1.O=CCc1cccc(OCc2ccccc2)n1. The van der Waals surface area contributed by atoms with Crippen molar-refractivity contribution in [3.8, 4) is 11.8 Å². The number of hydrogen-bond acceptors (Lipinski definition) is 5. The van der Waals surface area contributed by atoms with Crippen molar-refractivity contribution in [2.24, 2.45) is 0 Å². The second kappa shape index (κ2) is 13.0. The molecule has 0 saturated heterocycles. The van der Waals surface area contributed by atoms with E-state index < -0.39 is 0 Å². The van der Waals surface area contributed by atoms with Gasteiger partial charge in [0, 0.05) is 18.6 Å². The molecular weight excluding hydrogens is 468 g/mol. The molecule has 0 aliphatic rings. The van der Waals surface area contributed by atoms with E-state index in [1.54, 1.807) is 6.07 Å². The standard InChI is InChI=1S/C14H13NO2.C12H10BrNO/c16-10-9-13-7-4-8-14(15-13)17-11-12-5-2-1-3-6-12;13-11-7-4-8-12(14-11)15-9-10-5-2-1-3-6-10/h1-8,10H,9,11H2;1-8H,9H2. The molecule has 0 N–H and O–H groups in total. The third-order valence-corrected chi connectivity index (χ3v) is 4.66. The first-order valence-corrected chi connectivity index (χ1v) is 10.9. The highest BCUT2D eigenvalue weighted by molar-refractivity contribution is 9.10. The second-order valence-corrected chi connectivity index (χ2v) is 7.50. The van der Waals surface area contributed by atoms with Crippen LogP contribution in [0, 0.1) is 0 Å². The predicted molar refractivity (Wildman–Crippen MR) is 127 cm³/mol. The quantitative estimate of drug-likeness (QED) is 0.230. The van der Waals surface area contributed by atoms with Crippen LogP contribution in [0.25, 0.3) is 0 Å². The minimum Gasteiger partial charge on any atom is -0.473 e. The van der Waals surface area contributed by atoms with Crippen LogP contribution >= 0.6 is 15.9 Å². The highest BCUT2D eigenvalue weighted by Crippen LogP contribution is 2.14. The van der Waals surface area contributed by atoms with Gasteiger partial charge in [-0.15, -0.1) is 0 Å². The molecule has 0 atom stereocenters. The van der Waals surface area contributed by atoms with Crippen LogP contribution in [0.3, 0.4) is 0 Å². The maximum Gasteiger partial charge on any atom is 0.214 e. The van der Waals surface area contributed by atoms with Crippen LogP contribution in [0.1, 0.15) is 16.8 Å². The number of carbonyl (C=O) groups excluding carboxylic acids is 1.